The van der Waals surface area contributed by atoms with Gasteiger partial charge in [0.2, 0.25) is 5.91 Å². The third-order valence-electron chi connectivity index (χ3n) is 3.30. The van der Waals surface area contributed by atoms with Crippen LogP contribution in [0.1, 0.15) is 18.4 Å². The van der Waals surface area contributed by atoms with Gasteiger partial charge in [-0.25, -0.2) is 4.39 Å². The van der Waals surface area contributed by atoms with Crippen molar-refractivity contribution < 1.29 is 14.3 Å². The predicted octanol–water partition coefficient (Wildman–Crippen LogP) is 0.597. The summed E-state index contributed by atoms with van der Waals surface area (Å²) in [6.45, 7) is 0.981. The van der Waals surface area contributed by atoms with Crippen LogP contribution in [0.3, 0.4) is 0 Å². The van der Waals surface area contributed by atoms with Crippen LogP contribution in [-0.2, 0) is 11.2 Å². The van der Waals surface area contributed by atoms with E-state index in [1.165, 1.54) is 6.07 Å². The molecule has 104 valence electrons. The Morgan fingerprint density at radius 3 is 2.95 bits per heavy atom. The highest BCUT2D eigenvalue weighted by Crippen LogP contribution is 2.09. The molecule has 0 radical (unpaired) electrons. The number of amides is 1. The Hall–Kier alpha value is -1.46. The molecule has 1 aromatic rings. The third kappa shape index (κ3) is 4.01. The lowest BCUT2D eigenvalue weighted by molar-refractivity contribution is -0.122. The van der Waals surface area contributed by atoms with Crippen LogP contribution in [-0.4, -0.2) is 36.2 Å². The maximum Gasteiger partial charge on any atom is 0.237 e. The second kappa shape index (κ2) is 6.63. The summed E-state index contributed by atoms with van der Waals surface area (Å²) in [5, 5.41) is 15.1. The summed E-state index contributed by atoms with van der Waals surface area (Å²) in [6, 6.07) is 6.37. The molecule has 0 aromatic heterocycles. The molecular formula is C14H19FN2O2. The van der Waals surface area contributed by atoms with E-state index >= 15 is 0 Å². The first-order valence-electron chi connectivity index (χ1n) is 6.59. The summed E-state index contributed by atoms with van der Waals surface area (Å²) in [5.74, 6) is -0.292. The van der Waals surface area contributed by atoms with E-state index in [1.54, 1.807) is 18.2 Å². The van der Waals surface area contributed by atoms with E-state index < -0.39 is 6.10 Å². The van der Waals surface area contributed by atoms with Crippen molar-refractivity contribution in [1.29, 1.82) is 0 Å². The second-order valence-electron chi connectivity index (χ2n) is 4.84. The standard InChI is InChI=1S/C14H19FN2O2/c15-12-6-2-1-4-10(12)5-3-7-16-14(19)13-8-11(18)9-17-13/h1-2,4,6,11,13,17-18H,3,5,7-9H2,(H,16,19)/t11-,13+/m1/s1. The molecule has 1 fully saturated rings. The molecule has 0 bridgehead atoms. The zero-order valence-electron chi connectivity index (χ0n) is 10.7. The number of hydrogen-bond donors (Lipinski definition) is 3. The Kier molecular flexibility index (Phi) is 4.87. The Balaban J connectivity index is 1.67. The number of hydrogen-bond acceptors (Lipinski definition) is 3. The fourth-order valence-corrected chi connectivity index (χ4v) is 2.23. The molecular weight excluding hydrogens is 247 g/mol. The fraction of sp³-hybridized carbons (Fsp3) is 0.500. The highest BCUT2D eigenvalue weighted by Gasteiger charge is 2.27. The van der Waals surface area contributed by atoms with Crippen LogP contribution in [0.2, 0.25) is 0 Å². The van der Waals surface area contributed by atoms with E-state index in [0.29, 0.717) is 37.9 Å². The Bertz CT molecular complexity index is 439. The van der Waals surface area contributed by atoms with Crippen molar-refractivity contribution >= 4 is 5.91 Å². The monoisotopic (exact) mass is 266 g/mol. The van der Waals surface area contributed by atoms with Gasteiger partial charge < -0.3 is 15.7 Å². The summed E-state index contributed by atoms with van der Waals surface area (Å²) < 4.78 is 13.3. The van der Waals surface area contributed by atoms with Gasteiger partial charge >= 0.3 is 0 Å². The fourth-order valence-electron chi connectivity index (χ4n) is 2.23. The summed E-state index contributed by atoms with van der Waals surface area (Å²) in [6.07, 6.45) is 1.32. The normalized spacial score (nSPS) is 22.4. The maximum absolute atomic E-state index is 13.3. The lowest BCUT2D eigenvalue weighted by atomic mass is 10.1. The third-order valence-corrected chi connectivity index (χ3v) is 3.30. The number of aryl methyl sites for hydroxylation is 1. The molecule has 19 heavy (non-hydrogen) atoms. The minimum Gasteiger partial charge on any atom is -0.392 e. The van der Waals surface area contributed by atoms with Crippen molar-refractivity contribution in [2.45, 2.75) is 31.4 Å². The van der Waals surface area contributed by atoms with E-state index in [1.807, 2.05) is 0 Å². The van der Waals surface area contributed by atoms with Crippen LogP contribution >= 0.6 is 0 Å². The summed E-state index contributed by atoms with van der Waals surface area (Å²) in [5.41, 5.74) is 0.672. The maximum atomic E-state index is 13.3. The number of carbonyl (C=O) groups excluding carboxylic acids is 1. The molecule has 1 heterocycles. The molecule has 0 saturated carbocycles. The second-order valence-corrected chi connectivity index (χ2v) is 4.84. The number of nitrogens with one attached hydrogen (secondary N) is 2. The van der Waals surface area contributed by atoms with Gasteiger partial charge in [0.25, 0.3) is 0 Å². The molecule has 1 aromatic carbocycles. The number of β-amino-alcohol motifs (C(OH)–C–C–N with tert-alkyl or cyclic N) is 1. The molecule has 2 rings (SSSR count). The van der Waals surface area contributed by atoms with Crippen LogP contribution < -0.4 is 10.6 Å². The van der Waals surface area contributed by atoms with E-state index in [9.17, 15) is 14.3 Å². The summed E-state index contributed by atoms with van der Waals surface area (Å²) >= 11 is 0. The number of rotatable bonds is 5. The first-order valence-corrected chi connectivity index (χ1v) is 6.59. The van der Waals surface area contributed by atoms with Gasteiger partial charge in [-0.15, -0.1) is 0 Å². The highest BCUT2D eigenvalue weighted by atomic mass is 19.1. The summed E-state index contributed by atoms with van der Waals surface area (Å²) in [7, 11) is 0. The Morgan fingerprint density at radius 1 is 1.47 bits per heavy atom. The van der Waals surface area contributed by atoms with Crippen LogP contribution in [0.5, 0.6) is 0 Å². The molecule has 0 aliphatic carbocycles. The van der Waals surface area contributed by atoms with E-state index in [2.05, 4.69) is 10.6 Å². The van der Waals surface area contributed by atoms with Gasteiger partial charge in [0.15, 0.2) is 0 Å². The molecule has 1 aliphatic heterocycles. The molecule has 0 spiro atoms. The van der Waals surface area contributed by atoms with E-state index in [-0.39, 0.29) is 17.8 Å². The van der Waals surface area contributed by atoms with Gasteiger partial charge in [0.05, 0.1) is 12.1 Å². The Labute approximate surface area is 112 Å². The Morgan fingerprint density at radius 2 is 2.26 bits per heavy atom. The molecule has 2 atom stereocenters. The number of carbonyl (C=O) groups is 1. The summed E-state index contributed by atoms with van der Waals surface area (Å²) in [4.78, 5) is 11.7. The number of halogens is 1. The zero-order valence-corrected chi connectivity index (χ0v) is 10.7. The molecule has 0 unspecified atom stereocenters. The predicted molar refractivity (Wildman–Crippen MR) is 70.1 cm³/mol. The van der Waals surface area contributed by atoms with Crippen molar-refractivity contribution in [1.82, 2.24) is 10.6 Å². The quantitative estimate of drug-likeness (QED) is 0.684. The molecule has 3 N–H and O–H groups in total. The molecule has 5 heteroatoms. The van der Waals surface area contributed by atoms with Crippen molar-refractivity contribution in [3.63, 3.8) is 0 Å². The van der Waals surface area contributed by atoms with Gasteiger partial charge in [-0.1, -0.05) is 18.2 Å². The molecule has 1 amide bonds. The van der Waals surface area contributed by atoms with Crippen molar-refractivity contribution in [2.75, 3.05) is 13.1 Å². The zero-order chi connectivity index (χ0) is 13.7. The number of aliphatic hydroxyl groups is 1. The largest absolute Gasteiger partial charge is 0.392 e. The molecule has 1 aliphatic rings. The first kappa shape index (κ1) is 14.0. The van der Waals surface area contributed by atoms with Gasteiger partial charge in [-0.3, -0.25) is 4.79 Å². The van der Waals surface area contributed by atoms with Crippen LogP contribution in [0.15, 0.2) is 24.3 Å². The van der Waals surface area contributed by atoms with Crippen molar-refractivity contribution in [3.05, 3.63) is 35.6 Å². The lowest BCUT2D eigenvalue weighted by Crippen LogP contribution is -2.40. The minimum atomic E-state index is -0.436. The van der Waals surface area contributed by atoms with Crippen LogP contribution in [0, 0.1) is 5.82 Å². The average molecular weight is 266 g/mol. The van der Waals surface area contributed by atoms with Crippen LogP contribution in [0.25, 0.3) is 0 Å². The first-order chi connectivity index (χ1) is 9.16. The van der Waals surface area contributed by atoms with E-state index in [4.69, 9.17) is 0 Å². The van der Waals surface area contributed by atoms with Crippen molar-refractivity contribution in [2.24, 2.45) is 0 Å². The average Bonchev–Trinajstić information content (AvgIpc) is 2.83. The smallest absolute Gasteiger partial charge is 0.237 e. The number of aliphatic hydroxyl groups excluding tert-OH is 1. The highest BCUT2D eigenvalue weighted by molar-refractivity contribution is 5.82. The molecule has 4 nitrogen and oxygen atoms in total. The minimum absolute atomic E-state index is 0.0925. The lowest BCUT2D eigenvalue weighted by Gasteiger charge is -2.11. The van der Waals surface area contributed by atoms with E-state index in [0.717, 1.165) is 0 Å². The van der Waals surface area contributed by atoms with Crippen molar-refractivity contribution in [3.8, 4) is 0 Å². The van der Waals surface area contributed by atoms with Gasteiger partial charge in [0, 0.05) is 13.1 Å². The van der Waals surface area contributed by atoms with Gasteiger partial charge in [-0.05, 0) is 30.9 Å². The number of benzene rings is 1. The van der Waals surface area contributed by atoms with Gasteiger partial charge in [-0.2, -0.15) is 0 Å². The SMILES string of the molecule is O=C(NCCCc1ccccc1F)[C@@H]1C[C@@H](O)CN1. The van der Waals surface area contributed by atoms with Crippen LogP contribution in [0.4, 0.5) is 4.39 Å². The molecule has 1 saturated heterocycles. The van der Waals surface area contributed by atoms with Gasteiger partial charge in [0.1, 0.15) is 5.82 Å². The topological polar surface area (TPSA) is 61.4 Å².